The first-order valence-corrected chi connectivity index (χ1v) is 16.9. The molecule has 49 heavy (non-hydrogen) atoms. The third-order valence-electron chi connectivity index (χ3n) is 9.77. The summed E-state index contributed by atoms with van der Waals surface area (Å²) in [5.41, 5.74) is 5.79. The van der Waals surface area contributed by atoms with Crippen molar-refractivity contribution >= 4 is 0 Å². The fourth-order valence-corrected chi connectivity index (χ4v) is 7.02. The molecule has 0 aliphatic rings. The highest BCUT2D eigenvalue weighted by Crippen LogP contribution is 2.48. The molecule has 6 aromatic carbocycles. The number of aliphatic hydroxyl groups excluding tert-OH is 3. The minimum Gasteiger partial charge on any atom is -0.395 e. The molecule has 0 heterocycles. The Morgan fingerprint density at radius 2 is 0.653 bits per heavy atom. The van der Waals surface area contributed by atoms with Gasteiger partial charge in [0.15, 0.2) is 0 Å². The van der Waals surface area contributed by atoms with Gasteiger partial charge in [0.2, 0.25) is 0 Å². The highest BCUT2D eigenvalue weighted by molar-refractivity contribution is 5.52. The molecule has 4 heteroatoms. The van der Waals surface area contributed by atoms with Gasteiger partial charge >= 0.3 is 0 Å². The van der Waals surface area contributed by atoms with Crippen LogP contribution in [0.15, 0.2) is 158 Å². The molecule has 0 aliphatic heterocycles. The molecule has 0 fully saturated rings. The van der Waals surface area contributed by atoms with E-state index in [1.54, 1.807) is 0 Å². The van der Waals surface area contributed by atoms with Crippen LogP contribution in [0.4, 0.5) is 0 Å². The van der Waals surface area contributed by atoms with E-state index in [1.165, 1.54) is 11.1 Å². The van der Waals surface area contributed by atoms with Crippen LogP contribution < -0.4 is 0 Å². The minimum atomic E-state index is -1.96. The molecule has 6 aromatic rings. The number of benzene rings is 6. The highest BCUT2D eigenvalue weighted by Gasteiger charge is 2.54. The summed E-state index contributed by atoms with van der Waals surface area (Å²) in [5.74, 6) is 0. The van der Waals surface area contributed by atoms with Crippen LogP contribution in [0.3, 0.4) is 0 Å². The van der Waals surface area contributed by atoms with Gasteiger partial charge in [-0.15, -0.1) is 0 Å². The van der Waals surface area contributed by atoms with Crippen LogP contribution in [0.5, 0.6) is 0 Å². The van der Waals surface area contributed by atoms with Crippen molar-refractivity contribution in [1.82, 2.24) is 0 Å². The summed E-state index contributed by atoms with van der Waals surface area (Å²) in [6.45, 7) is -1.91. The average molecular weight is 649 g/mol. The zero-order chi connectivity index (χ0) is 34.1. The molecule has 4 N–H and O–H groups in total. The van der Waals surface area contributed by atoms with E-state index < -0.39 is 30.8 Å². The van der Waals surface area contributed by atoms with Gasteiger partial charge in [0.05, 0.1) is 25.2 Å². The van der Waals surface area contributed by atoms with Crippen molar-refractivity contribution in [3.8, 4) is 0 Å². The van der Waals surface area contributed by atoms with E-state index in [1.807, 2.05) is 97.1 Å². The Hall–Kier alpha value is -4.84. The summed E-state index contributed by atoms with van der Waals surface area (Å²) in [4.78, 5) is 0. The van der Waals surface area contributed by atoms with Crippen LogP contribution >= 0.6 is 0 Å². The summed E-state index contributed by atoms with van der Waals surface area (Å²) in [7, 11) is 0. The van der Waals surface area contributed by atoms with E-state index in [2.05, 4.69) is 60.7 Å². The van der Waals surface area contributed by atoms with Gasteiger partial charge in [-0.3, -0.25) is 0 Å². The Labute approximate surface area is 289 Å². The first-order valence-electron chi connectivity index (χ1n) is 16.9. The third kappa shape index (κ3) is 7.44. The Morgan fingerprint density at radius 3 is 0.959 bits per heavy atom. The Bertz CT molecular complexity index is 1780. The van der Waals surface area contributed by atoms with Crippen molar-refractivity contribution in [2.24, 2.45) is 5.41 Å². The van der Waals surface area contributed by atoms with Gasteiger partial charge in [0.25, 0.3) is 0 Å². The smallest absolute Gasteiger partial charge is 0.127 e. The standard InChI is InChI=1S/C45H44O4/c46-31-44(32-47,33-48)45(49,42-23-21-38(25-34-13-5-1-6-14-34)29-40(42)27-36-17-9-3-10-18-36)43-24-22-39(26-35-15-7-2-8-16-35)30-41(43)28-37-19-11-4-12-20-37/h1-24,29-30,46-49H,25-28,31-33H2. The molecule has 0 unspecified atom stereocenters. The molecular formula is C45H44O4. The quantitative estimate of drug-likeness (QED) is 0.100. The molecule has 0 radical (unpaired) electrons. The van der Waals surface area contributed by atoms with Gasteiger partial charge in [0.1, 0.15) is 5.60 Å². The summed E-state index contributed by atoms with van der Waals surface area (Å²) in [5, 5.41) is 46.5. The maximum atomic E-state index is 13.5. The summed E-state index contributed by atoms with van der Waals surface area (Å²) in [6.07, 6.45) is 2.44. The molecule has 0 saturated heterocycles. The second-order valence-corrected chi connectivity index (χ2v) is 13.1. The fourth-order valence-electron chi connectivity index (χ4n) is 7.02. The monoisotopic (exact) mass is 648 g/mol. The molecule has 0 aromatic heterocycles. The van der Waals surface area contributed by atoms with Crippen LogP contribution in [0.25, 0.3) is 0 Å². The maximum Gasteiger partial charge on any atom is 0.127 e. The van der Waals surface area contributed by atoms with Gasteiger partial charge in [-0.05, 0) is 81.3 Å². The molecule has 0 atom stereocenters. The molecule has 0 spiro atoms. The first-order chi connectivity index (χ1) is 24.0. The summed E-state index contributed by atoms with van der Waals surface area (Å²) < 4.78 is 0. The Kier molecular flexibility index (Phi) is 10.8. The third-order valence-corrected chi connectivity index (χ3v) is 9.77. The van der Waals surface area contributed by atoms with E-state index in [4.69, 9.17) is 0 Å². The molecular weight excluding hydrogens is 604 g/mol. The molecule has 0 saturated carbocycles. The topological polar surface area (TPSA) is 80.9 Å². The lowest BCUT2D eigenvalue weighted by Crippen LogP contribution is -2.55. The van der Waals surface area contributed by atoms with Gasteiger partial charge in [0, 0.05) is 0 Å². The number of aliphatic hydroxyl groups is 4. The lowest BCUT2D eigenvalue weighted by atomic mass is 9.63. The van der Waals surface area contributed by atoms with E-state index in [0.717, 1.165) is 33.4 Å². The van der Waals surface area contributed by atoms with E-state index >= 15 is 0 Å². The maximum absolute atomic E-state index is 13.5. The van der Waals surface area contributed by atoms with Gasteiger partial charge < -0.3 is 20.4 Å². The largest absolute Gasteiger partial charge is 0.395 e. The van der Waals surface area contributed by atoms with Crippen LogP contribution in [0, 0.1) is 5.41 Å². The van der Waals surface area contributed by atoms with Gasteiger partial charge in [-0.2, -0.15) is 0 Å². The average Bonchev–Trinajstić information content (AvgIpc) is 3.14. The normalized spacial score (nSPS) is 11.8. The Morgan fingerprint density at radius 1 is 0.347 bits per heavy atom. The van der Waals surface area contributed by atoms with Crippen LogP contribution in [0.1, 0.15) is 55.6 Å². The fraction of sp³-hybridized carbons (Fsp3) is 0.200. The molecule has 248 valence electrons. The zero-order valence-corrected chi connectivity index (χ0v) is 27.7. The Balaban J connectivity index is 1.57. The minimum absolute atomic E-state index is 0.513. The number of hydrogen-bond donors (Lipinski definition) is 4. The lowest BCUT2D eigenvalue weighted by Gasteiger charge is -2.47. The zero-order valence-electron chi connectivity index (χ0n) is 27.7. The molecule has 0 bridgehead atoms. The highest BCUT2D eigenvalue weighted by atomic mass is 16.3. The van der Waals surface area contributed by atoms with Crippen LogP contribution in [-0.2, 0) is 31.3 Å². The second kappa shape index (κ2) is 15.6. The van der Waals surface area contributed by atoms with Gasteiger partial charge in [-0.25, -0.2) is 0 Å². The van der Waals surface area contributed by atoms with Crippen molar-refractivity contribution in [3.63, 3.8) is 0 Å². The SMILES string of the molecule is OCC(CO)(CO)C(O)(c1ccc(Cc2ccccc2)cc1Cc1ccccc1)c1ccc(Cc2ccccc2)cc1Cc1ccccc1. The summed E-state index contributed by atoms with van der Waals surface area (Å²) in [6, 6.07) is 52.8. The second-order valence-electron chi connectivity index (χ2n) is 13.1. The predicted molar refractivity (Wildman–Crippen MR) is 197 cm³/mol. The first kappa shape index (κ1) is 34.0. The van der Waals surface area contributed by atoms with Crippen LogP contribution in [0.2, 0.25) is 0 Å². The van der Waals surface area contributed by atoms with Crippen molar-refractivity contribution in [2.75, 3.05) is 19.8 Å². The number of hydrogen-bond acceptors (Lipinski definition) is 4. The molecule has 0 amide bonds. The van der Waals surface area contributed by atoms with E-state index in [-0.39, 0.29) is 0 Å². The van der Waals surface area contributed by atoms with E-state index in [9.17, 15) is 20.4 Å². The molecule has 0 aliphatic carbocycles. The van der Waals surface area contributed by atoms with Gasteiger partial charge in [-0.1, -0.05) is 158 Å². The summed E-state index contributed by atoms with van der Waals surface area (Å²) >= 11 is 0. The lowest BCUT2D eigenvalue weighted by molar-refractivity contribution is -0.136. The van der Waals surface area contributed by atoms with Crippen LogP contribution in [-0.4, -0.2) is 40.2 Å². The van der Waals surface area contributed by atoms with E-state index in [0.29, 0.717) is 36.8 Å². The van der Waals surface area contributed by atoms with Crippen molar-refractivity contribution < 1.29 is 20.4 Å². The van der Waals surface area contributed by atoms with Crippen molar-refractivity contribution in [3.05, 3.63) is 213 Å². The number of rotatable bonds is 14. The predicted octanol–water partition coefficient (Wildman–Crippen LogP) is 7.25. The molecule has 6 rings (SSSR count). The molecule has 4 nitrogen and oxygen atoms in total. The van der Waals surface area contributed by atoms with Crippen molar-refractivity contribution in [1.29, 1.82) is 0 Å². The van der Waals surface area contributed by atoms with Crippen molar-refractivity contribution in [2.45, 2.75) is 31.3 Å².